The predicted octanol–water partition coefficient (Wildman–Crippen LogP) is 18.6. The van der Waals surface area contributed by atoms with Crippen LogP contribution in [-0.4, -0.2) is 37.2 Å². The van der Waals surface area contributed by atoms with Crippen LogP contribution in [0.15, 0.2) is 72.9 Å². The van der Waals surface area contributed by atoms with Gasteiger partial charge in [0.25, 0.3) is 0 Å². The summed E-state index contributed by atoms with van der Waals surface area (Å²) in [5.41, 5.74) is 0. The van der Waals surface area contributed by atoms with Gasteiger partial charge in [-0.2, -0.15) is 0 Å². The molecule has 0 bridgehead atoms. The molecule has 6 heteroatoms. The number of hydrogen-bond acceptors (Lipinski definition) is 6. The molecule has 0 aromatic carbocycles. The van der Waals surface area contributed by atoms with Gasteiger partial charge in [0, 0.05) is 19.3 Å². The second-order valence-electron chi connectivity index (χ2n) is 18.5. The molecule has 0 aliphatic rings. The molecule has 0 fully saturated rings. The molecule has 0 radical (unpaired) electrons. The van der Waals surface area contributed by atoms with Crippen molar-refractivity contribution in [1.29, 1.82) is 0 Å². The van der Waals surface area contributed by atoms with E-state index >= 15 is 0 Å². The van der Waals surface area contributed by atoms with Gasteiger partial charge in [-0.25, -0.2) is 0 Å². The molecular weight excluding hydrogens is 817 g/mol. The van der Waals surface area contributed by atoms with Crippen LogP contribution in [0.25, 0.3) is 0 Å². The summed E-state index contributed by atoms with van der Waals surface area (Å²) in [4.78, 5) is 38.1. The molecule has 0 heterocycles. The smallest absolute Gasteiger partial charge is 0.306 e. The first-order valence-electron chi connectivity index (χ1n) is 28.0. The fourth-order valence-electron chi connectivity index (χ4n) is 7.78. The average Bonchev–Trinajstić information content (AvgIpc) is 3.31. The third-order valence-corrected chi connectivity index (χ3v) is 12.0. The fraction of sp³-hybridized carbons (Fsp3) is 0.750. The molecular formula is C60H104O6. The summed E-state index contributed by atoms with van der Waals surface area (Å²) in [6.07, 6.45) is 68.8. The van der Waals surface area contributed by atoms with Gasteiger partial charge in [-0.15, -0.1) is 0 Å². The van der Waals surface area contributed by atoms with Gasteiger partial charge >= 0.3 is 17.9 Å². The van der Waals surface area contributed by atoms with Crippen molar-refractivity contribution >= 4 is 17.9 Å². The van der Waals surface area contributed by atoms with E-state index in [1.54, 1.807) is 0 Å². The summed E-state index contributed by atoms with van der Waals surface area (Å²) in [7, 11) is 0. The molecule has 6 nitrogen and oxygen atoms in total. The Bertz CT molecular complexity index is 1240. The van der Waals surface area contributed by atoms with Crippen LogP contribution < -0.4 is 0 Å². The number of esters is 3. The van der Waals surface area contributed by atoms with Crippen LogP contribution in [0, 0.1) is 0 Å². The third kappa shape index (κ3) is 51.8. The minimum atomic E-state index is -0.790. The number of hydrogen-bond donors (Lipinski definition) is 0. The quantitative estimate of drug-likeness (QED) is 0.0199. The number of carbonyl (C=O) groups is 3. The van der Waals surface area contributed by atoms with Gasteiger partial charge < -0.3 is 14.2 Å². The van der Waals surface area contributed by atoms with Gasteiger partial charge in [0.15, 0.2) is 6.10 Å². The van der Waals surface area contributed by atoms with Crippen molar-refractivity contribution in [1.82, 2.24) is 0 Å². The summed E-state index contributed by atoms with van der Waals surface area (Å²) in [5.74, 6) is -0.913. The fourth-order valence-corrected chi connectivity index (χ4v) is 7.78. The molecule has 0 spiro atoms. The first-order chi connectivity index (χ1) is 32.5. The number of unbranched alkanes of at least 4 members (excludes halogenated alkanes) is 30. The van der Waals surface area contributed by atoms with Crippen LogP contribution in [0.1, 0.15) is 271 Å². The van der Waals surface area contributed by atoms with E-state index in [0.29, 0.717) is 19.3 Å². The molecule has 0 saturated carbocycles. The molecule has 0 amide bonds. The lowest BCUT2D eigenvalue weighted by Crippen LogP contribution is -2.30. The highest BCUT2D eigenvalue weighted by Gasteiger charge is 2.19. The highest BCUT2D eigenvalue weighted by atomic mass is 16.6. The number of carbonyl (C=O) groups excluding carboxylic acids is 3. The lowest BCUT2D eigenvalue weighted by atomic mass is 10.1. The monoisotopic (exact) mass is 921 g/mol. The Morgan fingerprint density at radius 3 is 0.985 bits per heavy atom. The van der Waals surface area contributed by atoms with Gasteiger partial charge in [0.2, 0.25) is 0 Å². The second kappa shape index (κ2) is 54.5. The van der Waals surface area contributed by atoms with E-state index in [2.05, 4.69) is 93.7 Å². The maximum Gasteiger partial charge on any atom is 0.306 e. The second-order valence-corrected chi connectivity index (χ2v) is 18.5. The minimum Gasteiger partial charge on any atom is -0.462 e. The molecule has 0 aliphatic carbocycles. The largest absolute Gasteiger partial charge is 0.462 e. The van der Waals surface area contributed by atoms with Crippen molar-refractivity contribution in [2.75, 3.05) is 13.2 Å². The first-order valence-corrected chi connectivity index (χ1v) is 28.0. The molecule has 0 aromatic rings. The summed E-state index contributed by atoms with van der Waals surface area (Å²) in [6, 6.07) is 0. The van der Waals surface area contributed by atoms with Crippen molar-refractivity contribution in [2.24, 2.45) is 0 Å². The molecule has 66 heavy (non-hydrogen) atoms. The van der Waals surface area contributed by atoms with Crippen LogP contribution in [0.5, 0.6) is 0 Å². The maximum atomic E-state index is 12.8. The molecule has 380 valence electrons. The average molecular weight is 921 g/mol. The van der Waals surface area contributed by atoms with Gasteiger partial charge in [-0.3, -0.25) is 14.4 Å². The van der Waals surface area contributed by atoms with Gasteiger partial charge in [-0.1, -0.05) is 235 Å². The molecule has 0 aromatic heterocycles. The van der Waals surface area contributed by atoms with E-state index in [4.69, 9.17) is 14.2 Å². The van der Waals surface area contributed by atoms with E-state index < -0.39 is 6.10 Å². The molecule has 0 N–H and O–H groups in total. The lowest BCUT2D eigenvalue weighted by Gasteiger charge is -2.18. The topological polar surface area (TPSA) is 78.9 Å². The van der Waals surface area contributed by atoms with Crippen molar-refractivity contribution in [2.45, 2.75) is 277 Å². The lowest BCUT2D eigenvalue weighted by molar-refractivity contribution is -0.167. The summed E-state index contributed by atoms with van der Waals surface area (Å²) >= 11 is 0. The number of ether oxygens (including phenoxy) is 3. The molecule has 0 rings (SSSR count). The molecule has 1 atom stereocenters. The van der Waals surface area contributed by atoms with Crippen LogP contribution in [0.2, 0.25) is 0 Å². The predicted molar refractivity (Wildman–Crippen MR) is 284 cm³/mol. The van der Waals surface area contributed by atoms with Gasteiger partial charge in [-0.05, 0) is 89.9 Å². The first kappa shape index (κ1) is 62.8. The van der Waals surface area contributed by atoms with E-state index in [9.17, 15) is 14.4 Å². The van der Waals surface area contributed by atoms with Crippen LogP contribution in [0.3, 0.4) is 0 Å². The molecule has 0 aliphatic heterocycles. The highest BCUT2D eigenvalue weighted by molar-refractivity contribution is 5.71. The Balaban J connectivity index is 4.42. The van der Waals surface area contributed by atoms with E-state index in [0.717, 1.165) is 89.9 Å². The molecule has 1 unspecified atom stereocenters. The zero-order valence-corrected chi connectivity index (χ0v) is 43.4. The Morgan fingerprint density at radius 1 is 0.318 bits per heavy atom. The van der Waals surface area contributed by atoms with E-state index in [-0.39, 0.29) is 31.1 Å². The standard InChI is InChI=1S/C60H104O6/c1-4-7-10-13-16-19-22-25-28-29-30-33-35-38-41-44-47-50-53-59(62)65-56-57(66-60(63)54-51-48-45-42-39-36-32-27-24-21-18-15-12-9-6-3)55-64-58(61)52-49-46-43-40-37-34-31-26-23-20-17-14-11-8-5-2/h9,12,15,18,20-21,23-24,28-30,33,57H,4-8,10-11,13-14,16-17,19,22,25-27,31-32,34-56H2,1-3H3/b12-9-,18-15-,23-20-,24-21-,29-28-,33-30-. The third-order valence-electron chi connectivity index (χ3n) is 12.0. The zero-order chi connectivity index (χ0) is 47.9. The summed E-state index contributed by atoms with van der Waals surface area (Å²) in [5, 5.41) is 0. The Hall–Kier alpha value is -3.15. The SMILES string of the molecule is CC\C=C/C=C\C=C/CCCCCCCCCC(=O)OC(COC(=O)CCCCCCC/C=C\C=C/CCCCCCCCC)COC(=O)CCCCCCCCC/C=C\CCCCCC. The summed E-state index contributed by atoms with van der Waals surface area (Å²) < 4.78 is 16.8. The van der Waals surface area contributed by atoms with Gasteiger partial charge in [0.05, 0.1) is 0 Å². The Kier molecular flexibility index (Phi) is 51.9. The van der Waals surface area contributed by atoms with E-state index in [1.807, 2.05) is 0 Å². The van der Waals surface area contributed by atoms with Crippen LogP contribution in [0.4, 0.5) is 0 Å². The van der Waals surface area contributed by atoms with Crippen molar-refractivity contribution in [3.63, 3.8) is 0 Å². The normalized spacial score (nSPS) is 12.6. The number of rotatable bonds is 50. The van der Waals surface area contributed by atoms with Crippen LogP contribution >= 0.6 is 0 Å². The van der Waals surface area contributed by atoms with E-state index in [1.165, 1.54) is 141 Å². The maximum absolute atomic E-state index is 12.8. The van der Waals surface area contributed by atoms with Crippen LogP contribution in [-0.2, 0) is 28.6 Å². The zero-order valence-electron chi connectivity index (χ0n) is 43.4. The van der Waals surface area contributed by atoms with Crippen molar-refractivity contribution in [3.05, 3.63) is 72.9 Å². The van der Waals surface area contributed by atoms with Gasteiger partial charge in [0.1, 0.15) is 13.2 Å². The summed E-state index contributed by atoms with van der Waals surface area (Å²) in [6.45, 7) is 6.48. The Morgan fingerprint density at radius 2 is 0.606 bits per heavy atom. The van der Waals surface area contributed by atoms with Crippen molar-refractivity contribution in [3.8, 4) is 0 Å². The van der Waals surface area contributed by atoms with Crippen molar-refractivity contribution < 1.29 is 28.6 Å². The molecule has 0 saturated heterocycles. The highest BCUT2D eigenvalue weighted by Crippen LogP contribution is 2.15. The minimum absolute atomic E-state index is 0.0874. The number of allylic oxidation sites excluding steroid dienone is 12. The Labute approximate surface area is 408 Å².